The number of benzene rings is 1. The zero-order valence-electron chi connectivity index (χ0n) is 18.5. The van der Waals surface area contributed by atoms with Crippen molar-refractivity contribution in [1.29, 1.82) is 0 Å². The van der Waals surface area contributed by atoms with Crippen molar-refractivity contribution in [3.63, 3.8) is 0 Å². The summed E-state index contributed by atoms with van der Waals surface area (Å²) in [4.78, 5) is 23.5. The number of carbonyl (C=O) groups excluding carboxylic acids is 1. The van der Waals surface area contributed by atoms with Gasteiger partial charge in [-0.3, -0.25) is 9.59 Å². The highest BCUT2D eigenvalue weighted by Crippen LogP contribution is 2.27. The Morgan fingerprint density at radius 2 is 1.68 bits per heavy atom. The van der Waals surface area contributed by atoms with E-state index >= 15 is 0 Å². The number of aromatic nitrogens is 2. The molecule has 190 valence electrons. The van der Waals surface area contributed by atoms with Gasteiger partial charge in [-0.2, -0.15) is 26.3 Å². The molecule has 0 saturated carbocycles. The highest BCUT2D eigenvalue weighted by atomic mass is 19.4. The van der Waals surface area contributed by atoms with Gasteiger partial charge in [0.25, 0.3) is 5.56 Å². The van der Waals surface area contributed by atoms with Crippen LogP contribution in [0.25, 0.3) is 10.8 Å². The first-order chi connectivity index (χ1) is 15.9. The molecule has 0 N–H and O–H groups in total. The third-order valence-electron chi connectivity index (χ3n) is 4.94. The fraction of sp³-hybridized carbons (Fsp3) is 0.591. The minimum atomic E-state index is -4.67. The first-order valence-corrected chi connectivity index (χ1v) is 10.8. The summed E-state index contributed by atoms with van der Waals surface area (Å²) in [5.74, 6) is -0.909. The maximum Gasteiger partial charge on any atom is 0.425 e. The third-order valence-corrected chi connectivity index (χ3v) is 4.94. The molecule has 12 heteroatoms. The van der Waals surface area contributed by atoms with Crippen molar-refractivity contribution in [2.75, 3.05) is 6.61 Å². The Labute approximate surface area is 191 Å². The number of halogens is 6. The summed E-state index contributed by atoms with van der Waals surface area (Å²) in [6.07, 6.45) is -11.6. The summed E-state index contributed by atoms with van der Waals surface area (Å²) >= 11 is 0. The van der Waals surface area contributed by atoms with Gasteiger partial charge >= 0.3 is 18.3 Å². The van der Waals surface area contributed by atoms with Gasteiger partial charge in [0, 0.05) is 19.9 Å². The van der Waals surface area contributed by atoms with Crippen LogP contribution in [0.3, 0.4) is 0 Å². The fourth-order valence-corrected chi connectivity index (χ4v) is 3.32. The van der Waals surface area contributed by atoms with E-state index in [1.165, 1.54) is 0 Å². The lowest BCUT2D eigenvalue weighted by Crippen LogP contribution is -2.33. The minimum Gasteiger partial charge on any atom is -0.476 e. The predicted molar refractivity (Wildman–Crippen MR) is 111 cm³/mol. The van der Waals surface area contributed by atoms with E-state index in [1.807, 2.05) is 0 Å². The highest BCUT2D eigenvalue weighted by Gasteiger charge is 2.41. The van der Waals surface area contributed by atoms with Gasteiger partial charge in [0.05, 0.1) is 17.4 Å². The number of unbranched alkanes of at least 4 members (excludes halogenated alkanes) is 3. The topological polar surface area (TPSA) is 70.4 Å². The van der Waals surface area contributed by atoms with Crippen LogP contribution < -0.4 is 10.3 Å². The van der Waals surface area contributed by atoms with Gasteiger partial charge in [0.1, 0.15) is 0 Å². The van der Waals surface area contributed by atoms with Gasteiger partial charge in [-0.05, 0) is 44.2 Å². The number of alkyl halides is 6. The van der Waals surface area contributed by atoms with Crippen LogP contribution in [-0.2, 0) is 16.1 Å². The predicted octanol–water partition coefficient (Wildman–Crippen LogP) is 5.56. The number of ether oxygens (including phenoxy) is 2. The van der Waals surface area contributed by atoms with E-state index in [9.17, 15) is 35.9 Å². The maximum atomic E-state index is 12.9. The standard InChI is InChI=1S/C22H26F6N2O4/c1-15(31)34-18(22(26,27)28)11-5-8-14-33-19-16-9-3-4-10-17(16)20(32)30(29-19)13-7-2-6-12-21(23,24)25/h3-4,9-10,18H,2,5-8,11-14H2,1H3. The van der Waals surface area contributed by atoms with Gasteiger partial charge < -0.3 is 9.47 Å². The number of carbonyl (C=O) groups is 1. The van der Waals surface area contributed by atoms with Crippen molar-refractivity contribution in [3.8, 4) is 5.88 Å². The van der Waals surface area contributed by atoms with E-state index in [-0.39, 0.29) is 44.7 Å². The molecule has 2 rings (SSSR count). The summed E-state index contributed by atoms with van der Waals surface area (Å²) < 4.78 is 86.6. The molecular weight excluding hydrogens is 470 g/mol. The number of fused-ring (bicyclic) bond motifs is 1. The van der Waals surface area contributed by atoms with E-state index in [0.29, 0.717) is 17.2 Å². The summed E-state index contributed by atoms with van der Waals surface area (Å²) in [5.41, 5.74) is -0.409. The second-order valence-electron chi connectivity index (χ2n) is 7.79. The van der Waals surface area contributed by atoms with Crippen molar-refractivity contribution in [2.24, 2.45) is 0 Å². The fourth-order valence-electron chi connectivity index (χ4n) is 3.32. The zero-order chi connectivity index (χ0) is 25.4. The molecule has 0 fully saturated rings. The van der Waals surface area contributed by atoms with Gasteiger partial charge in [-0.1, -0.05) is 18.6 Å². The van der Waals surface area contributed by atoms with Gasteiger partial charge in [0.15, 0.2) is 6.10 Å². The molecule has 1 unspecified atom stereocenters. The summed E-state index contributed by atoms with van der Waals surface area (Å²) in [6, 6.07) is 6.50. The first kappa shape index (κ1) is 27.5. The third kappa shape index (κ3) is 8.86. The largest absolute Gasteiger partial charge is 0.476 e. The van der Waals surface area contributed by atoms with E-state index < -0.39 is 42.8 Å². The molecule has 0 bridgehead atoms. The van der Waals surface area contributed by atoms with Crippen LogP contribution in [0.5, 0.6) is 5.88 Å². The first-order valence-electron chi connectivity index (χ1n) is 10.8. The molecule has 0 aliphatic carbocycles. The van der Waals surface area contributed by atoms with Crippen LogP contribution in [0.4, 0.5) is 26.3 Å². The lowest BCUT2D eigenvalue weighted by atomic mass is 10.1. The van der Waals surface area contributed by atoms with Crippen LogP contribution in [0.1, 0.15) is 51.9 Å². The molecule has 1 aromatic heterocycles. The normalized spacial score (nSPS) is 13.1. The molecule has 0 radical (unpaired) electrons. The van der Waals surface area contributed by atoms with Gasteiger partial charge in [-0.25, -0.2) is 4.68 Å². The van der Waals surface area contributed by atoms with Crippen molar-refractivity contribution in [1.82, 2.24) is 9.78 Å². The van der Waals surface area contributed by atoms with Crippen molar-refractivity contribution < 1.29 is 40.6 Å². The molecule has 6 nitrogen and oxygen atoms in total. The molecule has 0 amide bonds. The zero-order valence-corrected chi connectivity index (χ0v) is 18.5. The summed E-state index contributed by atoms with van der Waals surface area (Å²) in [7, 11) is 0. The number of aryl methyl sites for hydroxylation is 1. The lowest BCUT2D eigenvalue weighted by Gasteiger charge is -2.19. The Bertz CT molecular complexity index is 1000. The van der Waals surface area contributed by atoms with Crippen LogP contribution >= 0.6 is 0 Å². The molecule has 0 aliphatic heterocycles. The lowest BCUT2D eigenvalue weighted by molar-refractivity contribution is -0.221. The molecule has 0 saturated heterocycles. The van der Waals surface area contributed by atoms with E-state index in [1.54, 1.807) is 24.3 Å². The van der Waals surface area contributed by atoms with Crippen LogP contribution in [0.2, 0.25) is 0 Å². The van der Waals surface area contributed by atoms with Crippen molar-refractivity contribution in [3.05, 3.63) is 34.6 Å². The van der Waals surface area contributed by atoms with Crippen LogP contribution in [0, 0.1) is 0 Å². The number of hydrogen-bond donors (Lipinski definition) is 0. The maximum absolute atomic E-state index is 12.9. The quantitative estimate of drug-likeness (QED) is 0.219. The molecule has 1 heterocycles. The summed E-state index contributed by atoms with van der Waals surface area (Å²) in [6.45, 7) is 1.02. The van der Waals surface area contributed by atoms with E-state index in [4.69, 9.17) is 4.74 Å². The average molecular weight is 496 g/mol. The Balaban J connectivity index is 1.99. The highest BCUT2D eigenvalue weighted by molar-refractivity contribution is 5.85. The second-order valence-corrected chi connectivity index (χ2v) is 7.79. The second kappa shape index (κ2) is 12.1. The molecule has 34 heavy (non-hydrogen) atoms. The summed E-state index contributed by atoms with van der Waals surface area (Å²) in [5, 5.41) is 4.91. The molecule has 0 aliphatic rings. The van der Waals surface area contributed by atoms with Crippen molar-refractivity contribution >= 4 is 16.7 Å². The number of rotatable bonds is 12. The molecule has 0 spiro atoms. The van der Waals surface area contributed by atoms with Gasteiger partial charge in [-0.15, -0.1) is 5.10 Å². The number of nitrogens with zero attached hydrogens (tertiary/aromatic N) is 2. The van der Waals surface area contributed by atoms with Crippen LogP contribution in [-0.4, -0.2) is 40.8 Å². The molecular formula is C22H26F6N2O4. The molecule has 1 atom stereocenters. The number of esters is 1. The van der Waals surface area contributed by atoms with Crippen molar-refractivity contribution in [2.45, 2.75) is 76.9 Å². The average Bonchev–Trinajstić information content (AvgIpc) is 2.73. The Hall–Kier alpha value is -2.79. The Kier molecular flexibility index (Phi) is 9.75. The minimum absolute atomic E-state index is 0.00539. The Morgan fingerprint density at radius 1 is 1.00 bits per heavy atom. The van der Waals surface area contributed by atoms with Gasteiger partial charge in [0.2, 0.25) is 5.88 Å². The Morgan fingerprint density at radius 3 is 2.29 bits per heavy atom. The molecule has 1 aromatic carbocycles. The molecule has 2 aromatic rings. The SMILES string of the molecule is CC(=O)OC(CCCCOc1nn(CCCCCC(F)(F)F)c(=O)c2ccccc12)C(F)(F)F. The monoisotopic (exact) mass is 496 g/mol. The number of hydrogen-bond acceptors (Lipinski definition) is 5. The van der Waals surface area contributed by atoms with Crippen LogP contribution in [0.15, 0.2) is 29.1 Å². The van der Waals surface area contributed by atoms with E-state index in [0.717, 1.165) is 11.6 Å². The van der Waals surface area contributed by atoms with E-state index in [2.05, 4.69) is 9.84 Å². The smallest absolute Gasteiger partial charge is 0.425 e.